The number of imidazole rings is 1. The van der Waals surface area contributed by atoms with Crippen LogP contribution in [0.15, 0.2) is 36.7 Å². The summed E-state index contributed by atoms with van der Waals surface area (Å²) in [6.07, 6.45) is 6.24. The number of alkyl halides is 2. The summed E-state index contributed by atoms with van der Waals surface area (Å²) in [5, 5.41) is 6.08. The molecule has 0 spiro atoms. The Morgan fingerprint density at radius 2 is 2.06 bits per heavy atom. The minimum atomic E-state index is -3.09. The number of carbonyl (C=O) groups excluding carboxylic acids is 1. The number of carbonyl (C=O) groups is 1. The molecule has 1 aliphatic carbocycles. The first-order valence-corrected chi connectivity index (χ1v) is 10.8. The maximum atomic E-state index is 13.2. The van der Waals surface area contributed by atoms with E-state index in [4.69, 9.17) is 14.2 Å². The largest absolute Gasteiger partial charge is 0.496 e. The van der Waals surface area contributed by atoms with E-state index in [0.717, 1.165) is 25.8 Å². The molecule has 33 heavy (non-hydrogen) atoms. The van der Waals surface area contributed by atoms with E-state index in [2.05, 4.69) is 15.6 Å². The summed E-state index contributed by atoms with van der Waals surface area (Å²) in [6.45, 7) is -1.50. The summed E-state index contributed by atoms with van der Waals surface area (Å²) in [4.78, 5) is 17.1. The summed E-state index contributed by atoms with van der Waals surface area (Å²) >= 11 is 0. The molecule has 1 amide bonds. The number of fused-ring (bicyclic) bond motifs is 1. The van der Waals surface area contributed by atoms with Crippen molar-refractivity contribution in [3.63, 3.8) is 0 Å². The van der Waals surface area contributed by atoms with Gasteiger partial charge in [0.05, 0.1) is 19.0 Å². The number of methoxy groups -OCH3 is 1. The van der Waals surface area contributed by atoms with Gasteiger partial charge in [-0.15, -0.1) is 0 Å². The lowest BCUT2D eigenvalue weighted by Gasteiger charge is -2.27. The van der Waals surface area contributed by atoms with Crippen molar-refractivity contribution in [1.82, 2.24) is 20.0 Å². The normalized spacial score (nSPS) is 17.6. The Morgan fingerprint density at radius 3 is 2.73 bits per heavy atom. The molecule has 2 aromatic heterocycles. The molecule has 0 radical (unpaired) electrons. The van der Waals surface area contributed by atoms with E-state index in [1.54, 1.807) is 22.9 Å². The van der Waals surface area contributed by atoms with Gasteiger partial charge in [-0.05, 0) is 44.0 Å². The van der Waals surface area contributed by atoms with Crippen LogP contribution >= 0.6 is 0 Å². The van der Waals surface area contributed by atoms with E-state index in [1.807, 2.05) is 12.1 Å². The quantitative estimate of drug-likeness (QED) is 0.512. The van der Waals surface area contributed by atoms with Gasteiger partial charge in [0.15, 0.2) is 0 Å². The van der Waals surface area contributed by atoms with Crippen LogP contribution in [0.3, 0.4) is 0 Å². The number of hydrogen-bond acceptors (Lipinski definition) is 6. The molecule has 1 atom stereocenters. The number of nitrogens with zero attached hydrogens (tertiary/aromatic N) is 2. The average molecular weight is 458 g/mol. The zero-order valence-electron chi connectivity index (χ0n) is 18.0. The highest BCUT2D eigenvalue weighted by atomic mass is 19.3. The van der Waals surface area contributed by atoms with E-state index < -0.39 is 12.5 Å². The lowest BCUT2D eigenvalue weighted by Crippen LogP contribution is -2.46. The molecule has 1 aromatic carbocycles. The molecule has 1 unspecified atom stereocenters. The molecule has 2 N–H and O–H groups in total. The second-order valence-electron chi connectivity index (χ2n) is 8.16. The number of amides is 1. The Kier molecular flexibility index (Phi) is 5.76. The van der Waals surface area contributed by atoms with E-state index in [9.17, 15) is 13.6 Å². The van der Waals surface area contributed by atoms with Crippen LogP contribution in [0.1, 0.15) is 29.6 Å². The molecule has 174 valence electrons. The third-order valence-electron chi connectivity index (χ3n) is 5.80. The third-order valence-corrected chi connectivity index (χ3v) is 5.80. The van der Waals surface area contributed by atoms with E-state index >= 15 is 0 Å². The predicted molar refractivity (Wildman–Crippen MR) is 116 cm³/mol. The summed E-state index contributed by atoms with van der Waals surface area (Å²) in [6, 6.07) is 7.09. The van der Waals surface area contributed by atoms with Crippen LogP contribution < -0.4 is 24.8 Å². The first kappa shape index (κ1) is 21.4. The summed E-state index contributed by atoms with van der Waals surface area (Å²) in [5.41, 5.74) is 1.73. The van der Waals surface area contributed by atoms with Gasteiger partial charge in [0.2, 0.25) is 0 Å². The van der Waals surface area contributed by atoms with Gasteiger partial charge in [0.25, 0.3) is 5.91 Å². The third kappa shape index (κ3) is 4.56. The molecule has 1 saturated heterocycles. The molecular formula is C23H24F2N4O4. The molecule has 5 rings (SSSR count). The van der Waals surface area contributed by atoms with Crippen molar-refractivity contribution < 1.29 is 27.8 Å². The number of ether oxygens (including phenoxy) is 3. The molecule has 1 saturated carbocycles. The van der Waals surface area contributed by atoms with E-state index in [0.29, 0.717) is 35.3 Å². The zero-order chi connectivity index (χ0) is 22.9. The van der Waals surface area contributed by atoms with Gasteiger partial charge in [-0.2, -0.15) is 8.78 Å². The van der Waals surface area contributed by atoms with Gasteiger partial charge in [-0.1, -0.05) is 0 Å². The molecule has 3 heterocycles. The topological polar surface area (TPSA) is 86.1 Å². The summed E-state index contributed by atoms with van der Waals surface area (Å²) < 4.78 is 44.1. The molecule has 2 aliphatic rings. The lowest BCUT2D eigenvalue weighted by molar-refractivity contribution is -0.0502. The molecule has 1 aliphatic heterocycles. The van der Waals surface area contributed by atoms with Crippen molar-refractivity contribution in [2.24, 2.45) is 0 Å². The number of nitrogens with one attached hydrogen (secondary N) is 2. The predicted octanol–water partition coefficient (Wildman–Crippen LogP) is 3.24. The smallest absolute Gasteiger partial charge is 0.387 e. The van der Waals surface area contributed by atoms with E-state index in [1.165, 1.54) is 13.2 Å². The fraction of sp³-hybridized carbons (Fsp3) is 0.391. The van der Waals surface area contributed by atoms with Crippen LogP contribution in [0.4, 0.5) is 8.78 Å². The number of hydrogen-bond donors (Lipinski definition) is 2. The standard InChI is InChI=1S/C23H24F2N4O4/c1-31-18-8-13(9-19(33-23(24)25)21(18)22(30)28-14-2-3-14)17-11-27-20-10-16(5-7-29(17)20)32-12-15-4-6-26-15/h5,7-11,14-15,23,26H,2-4,6,12H2,1H3,(H,28,30). The van der Waals surface area contributed by atoms with Gasteiger partial charge in [-0.3, -0.25) is 9.20 Å². The fourth-order valence-corrected chi connectivity index (χ4v) is 3.75. The van der Waals surface area contributed by atoms with E-state index in [-0.39, 0.29) is 23.1 Å². The van der Waals surface area contributed by atoms with Crippen molar-refractivity contribution in [3.8, 4) is 28.5 Å². The minimum absolute atomic E-state index is 0.0524. The highest BCUT2D eigenvalue weighted by Gasteiger charge is 2.29. The van der Waals surface area contributed by atoms with Gasteiger partial charge in [0, 0.05) is 29.9 Å². The van der Waals surface area contributed by atoms with Crippen molar-refractivity contribution in [3.05, 3.63) is 42.2 Å². The van der Waals surface area contributed by atoms with Gasteiger partial charge in [-0.25, -0.2) is 4.98 Å². The molecule has 8 nitrogen and oxygen atoms in total. The zero-order valence-corrected chi connectivity index (χ0v) is 18.0. The van der Waals surface area contributed by atoms with Gasteiger partial charge < -0.3 is 24.8 Å². The highest BCUT2D eigenvalue weighted by molar-refractivity contribution is 6.01. The van der Waals surface area contributed by atoms with Crippen LogP contribution in [0.5, 0.6) is 17.2 Å². The first-order valence-electron chi connectivity index (χ1n) is 10.8. The van der Waals surface area contributed by atoms with Crippen molar-refractivity contribution in [2.45, 2.75) is 38.0 Å². The summed E-state index contributed by atoms with van der Waals surface area (Å²) in [5.74, 6) is 0.0850. The molecule has 0 bridgehead atoms. The monoisotopic (exact) mass is 458 g/mol. The van der Waals surface area contributed by atoms with Gasteiger partial charge in [0.1, 0.15) is 35.1 Å². The Hall–Kier alpha value is -3.40. The number of aromatic nitrogens is 2. The second-order valence-corrected chi connectivity index (χ2v) is 8.16. The van der Waals surface area contributed by atoms with Crippen LogP contribution in [-0.4, -0.2) is 54.2 Å². The number of pyridine rings is 1. The summed E-state index contributed by atoms with van der Waals surface area (Å²) in [7, 11) is 1.38. The maximum Gasteiger partial charge on any atom is 0.387 e. The minimum Gasteiger partial charge on any atom is -0.496 e. The SMILES string of the molecule is COc1cc(-c2cnc3cc(OCC4CCN4)ccn23)cc(OC(F)F)c1C(=O)NC1CC1. The molecule has 10 heteroatoms. The lowest BCUT2D eigenvalue weighted by atomic mass is 10.1. The highest BCUT2D eigenvalue weighted by Crippen LogP contribution is 2.37. The van der Waals surface area contributed by atoms with Crippen molar-refractivity contribution in [2.75, 3.05) is 20.3 Å². The van der Waals surface area contributed by atoms with Crippen molar-refractivity contribution in [1.29, 1.82) is 0 Å². The molecule has 3 aromatic rings. The van der Waals surface area contributed by atoms with Crippen LogP contribution in [0.25, 0.3) is 16.9 Å². The maximum absolute atomic E-state index is 13.2. The number of benzene rings is 1. The average Bonchev–Trinajstić information content (AvgIpc) is 3.46. The van der Waals surface area contributed by atoms with Crippen molar-refractivity contribution >= 4 is 11.6 Å². The van der Waals surface area contributed by atoms with Crippen LogP contribution in [0, 0.1) is 0 Å². The van der Waals surface area contributed by atoms with Crippen LogP contribution in [0.2, 0.25) is 0 Å². The second kappa shape index (κ2) is 8.86. The Labute approximate surface area is 188 Å². The molecular weight excluding hydrogens is 434 g/mol. The Morgan fingerprint density at radius 1 is 1.27 bits per heavy atom. The number of halogens is 2. The Bertz CT molecular complexity index is 1170. The Balaban J connectivity index is 1.48. The first-order chi connectivity index (χ1) is 16.0. The van der Waals surface area contributed by atoms with Crippen LogP contribution in [-0.2, 0) is 0 Å². The molecule has 2 fully saturated rings. The fourth-order valence-electron chi connectivity index (χ4n) is 3.75. The van der Waals surface area contributed by atoms with Gasteiger partial charge >= 0.3 is 6.61 Å². The number of rotatable bonds is 9.